The van der Waals surface area contributed by atoms with Gasteiger partial charge in [0.25, 0.3) is 0 Å². The number of nitrogens with two attached hydrogens (primary N) is 1. The lowest BCUT2D eigenvalue weighted by Crippen LogP contribution is -2.31. The molecule has 0 saturated heterocycles. The van der Waals surface area contributed by atoms with Crippen molar-refractivity contribution in [3.63, 3.8) is 0 Å². The molecule has 5 nitrogen and oxygen atoms in total. The Labute approximate surface area is 93.5 Å². The number of hydrogen-bond donors (Lipinski definition) is 2. The predicted octanol–water partition coefficient (Wildman–Crippen LogP) is 1.71. The molecule has 1 heterocycles. The lowest BCUT2D eigenvalue weighted by Gasteiger charge is -2.31. The van der Waals surface area contributed by atoms with Gasteiger partial charge >= 0.3 is 0 Å². The van der Waals surface area contributed by atoms with E-state index >= 15 is 0 Å². The summed E-state index contributed by atoms with van der Waals surface area (Å²) in [4.78, 5) is 11.6. The third kappa shape index (κ3) is 2.47. The number of rotatable bonds is 3. The summed E-state index contributed by atoms with van der Waals surface area (Å²) in [7, 11) is 0. The van der Waals surface area contributed by atoms with Crippen LogP contribution in [0.25, 0.3) is 0 Å². The Bertz CT molecular complexity index is 332. The third-order valence-electron chi connectivity index (χ3n) is 2.84. The van der Waals surface area contributed by atoms with E-state index in [0.717, 1.165) is 0 Å². The van der Waals surface area contributed by atoms with Gasteiger partial charge in [0, 0.05) is 6.04 Å². The maximum absolute atomic E-state index is 5.68. The minimum Gasteiger partial charge on any atom is -0.368 e. The molecule has 2 rings (SSSR count). The molecule has 6 heteroatoms. The minimum atomic E-state index is 0.130. The maximum Gasteiger partial charge on any atom is 0.229 e. The van der Waals surface area contributed by atoms with Crippen molar-refractivity contribution in [2.24, 2.45) is 5.92 Å². The first kappa shape index (κ1) is 10.4. The molecule has 82 valence electrons. The third-order valence-corrected chi connectivity index (χ3v) is 3.01. The van der Waals surface area contributed by atoms with Crippen LogP contribution in [0, 0.1) is 5.92 Å². The lowest BCUT2D eigenvalue weighted by atomic mass is 9.80. The first-order valence-corrected chi connectivity index (χ1v) is 5.46. The van der Waals surface area contributed by atoms with E-state index in [-0.39, 0.29) is 11.2 Å². The molecule has 1 saturated carbocycles. The summed E-state index contributed by atoms with van der Waals surface area (Å²) in [5, 5.41) is 3.33. The molecule has 1 fully saturated rings. The molecule has 1 aliphatic carbocycles. The predicted molar refractivity (Wildman–Crippen MR) is 59.7 cm³/mol. The fraction of sp³-hybridized carbons (Fsp3) is 0.667. The quantitative estimate of drug-likeness (QED) is 0.822. The molecule has 3 N–H and O–H groups in total. The first-order chi connectivity index (χ1) is 7.15. The van der Waals surface area contributed by atoms with E-state index in [1.165, 1.54) is 19.3 Å². The SMILES string of the molecule is CC(Nc1nc(N)nc(Cl)n1)C1CCC1. The van der Waals surface area contributed by atoms with E-state index in [2.05, 4.69) is 27.2 Å². The Kier molecular flexibility index (Phi) is 2.90. The fourth-order valence-corrected chi connectivity index (χ4v) is 1.86. The normalized spacial score (nSPS) is 18.3. The monoisotopic (exact) mass is 227 g/mol. The van der Waals surface area contributed by atoms with Crippen LogP contribution in [0.1, 0.15) is 26.2 Å². The van der Waals surface area contributed by atoms with E-state index in [1.54, 1.807) is 0 Å². The van der Waals surface area contributed by atoms with Gasteiger partial charge in [0.1, 0.15) is 0 Å². The molecule has 0 aliphatic heterocycles. The van der Waals surface area contributed by atoms with Crippen molar-refractivity contribution in [1.82, 2.24) is 15.0 Å². The van der Waals surface area contributed by atoms with Crippen LogP contribution in [-0.4, -0.2) is 21.0 Å². The highest BCUT2D eigenvalue weighted by Crippen LogP contribution is 2.30. The number of aromatic nitrogens is 3. The van der Waals surface area contributed by atoms with Gasteiger partial charge in [-0.25, -0.2) is 0 Å². The maximum atomic E-state index is 5.68. The molecule has 0 aromatic carbocycles. The van der Waals surface area contributed by atoms with Crippen molar-refractivity contribution >= 4 is 23.5 Å². The average molecular weight is 228 g/mol. The molecule has 0 radical (unpaired) electrons. The van der Waals surface area contributed by atoms with Gasteiger partial charge < -0.3 is 11.1 Å². The zero-order chi connectivity index (χ0) is 10.8. The van der Waals surface area contributed by atoms with Gasteiger partial charge in [-0.1, -0.05) is 6.42 Å². The van der Waals surface area contributed by atoms with Crippen molar-refractivity contribution in [1.29, 1.82) is 0 Å². The van der Waals surface area contributed by atoms with Gasteiger partial charge in [0.05, 0.1) is 0 Å². The lowest BCUT2D eigenvalue weighted by molar-refractivity contribution is 0.284. The Morgan fingerprint density at radius 2 is 2.13 bits per heavy atom. The molecule has 0 bridgehead atoms. The molecular weight excluding hydrogens is 214 g/mol. The largest absolute Gasteiger partial charge is 0.368 e. The molecule has 0 amide bonds. The average Bonchev–Trinajstić information content (AvgIpc) is 1.96. The summed E-state index contributed by atoms with van der Waals surface area (Å²) in [5.41, 5.74) is 5.47. The highest BCUT2D eigenvalue weighted by molar-refractivity contribution is 6.28. The van der Waals surface area contributed by atoms with E-state index in [4.69, 9.17) is 17.3 Å². The zero-order valence-corrected chi connectivity index (χ0v) is 9.33. The minimum absolute atomic E-state index is 0.130. The smallest absolute Gasteiger partial charge is 0.229 e. The molecule has 1 aromatic heterocycles. The molecule has 1 unspecified atom stereocenters. The van der Waals surface area contributed by atoms with Crippen molar-refractivity contribution in [3.8, 4) is 0 Å². The van der Waals surface area contributed by atoms with Gasteiger partial charge in [0.15, 0.2) is 0 Å². The Hall–Kier alpha value is -1.10. The van der Waals surface area contributed by atoms with Crippen LogP contribution in [0.3, 0.4) is 0 Å². The summed E-state index contributed by atoms with van der Waals surface area (Å²) >= 11 is 5.68. The molecule has 0 spiro atoms. The molecule has 15 heavy (non-hydrogen) atoms. The second-order valence-electron chi connectivity index (χ2n) is 3.91. The Morgan fingerprint density at radius 1 is 1.40 bits per heavy atom. The first-order valence-electron chi connectivity index (χ1n) is 5.09. The van der Waals surface area contributed by atoms with E-state index < -0.39 is 0 Å². The highest BCUT2D eigenvalue weighted by Gasteiger charge is 2.24. The summed E-state index contributed by atoms with van der Waals surface area (Å²) in [5.74, 6) is 1.33. The summed E-state index contributed by atoms with van der Waals surface area (Å²) in [6.07, 6.45) is 3.85. The van der Waals surface area contributed by atoms with E-state index in [1.807, 2.05) is 0 Å². The van der Waals surface area contributed by atoms with Crippen LogP contribution in [0.5, 0.6) is 0 Å². The summed E-state index contributed by atoms with van der Waals surface area (Å²) < 4.78 is 0. The molecule has 1 aliphatic rings. The number of anilines is 2. The Morgan fingerprint density at radius 3 is 2.67 bits per heavy atom. The van der Waals surface area contributed by atoms with Crippen LogP contribution in [-0.2, 0) is 0 Å². The van der Waals surface area contributed by atoms with Crippen LogP contribution in [0.4, 0.5) is 11.9 Å². The second kappa shape index (κ2) is 4.18. The number of hydrogen-bond acceptors (Lipinski definition) is 5. The van der Waals surface area contributed by atoms with Gasteiger partial charge in [-0.2, -0.15) is 15.0 Å². The van der Waals surface area contributed by atoms with Crippen molar-refractivity contribution < 1.29 is 0 Å². The van der Waals surface area contributed by atoms with Crippen molar-refractivity contribution in [2.75, 3.05) is 11.1 Å². The van der Waals surface area contributed by atoms with Crippen molar-refractivity contribution in [3.05, 3.63) is 5.28 Å². The van der Waals surface area contributed by atoms with E-state index in [0.29, 0.717) is 17.9 Å². The topological polar surface area (TPSA) is 76.7 Å². The molecule has 1 atom stereocenters. The number of nitrogens with zero attached hydrogens (tertiary/aromatic N) is 3. The van der Waals surface area contributed by atoms with Crippen LogP contribution >= 0.6 is 11.6 Å². The number of nitrogens with one attached hydrogen (secondary N) is 1. The molecule has 1 aromatic rings. The van der Waals surface area contributed by atoms with E-state index in [9.17, 15) is 0 Å². The zero-order valence-electron chi connectivity index (χ0n) is 8.57. The Balaban J connectivity index is 2.02. The van der Waals surface area contributed by atoms with Gasteiger partial charge in [-0.05, 0) is 37.3 Å². The van der Waals surface area contributed by atoms with Crippen LogP contribution in [0.15, 0.2) is 0 Å². The van der Waals surface area contributed by atoms with Crippen molar-refractivity contribution in [2.45, 2.75) is 32.2 Å². The number of nitrogen functional groups attached to an aromatic ring is 1. The van der Waals surface area contributed by atoms with Gasteiger partial charge in [-0.3, -0.25) is 0 Å². The van der Waals surface area contributed by atoms with Crippen LogP contribution < -0.4 is 11.1 Å². The summed E-state index contributed by atoms with van der Waals surface area (Å²) in [6, 6.07) is 0.358. The fourth-order valence-electron chi connectivity index (χ4n) is 1.69. The van der Waals surface area contributed by atoms with Gasteiger partial charge in [0.2, 0.25) is 17.2 Å². The second-order valence-corrected chi connectivity index (χ2v) is 4.25. The molecular formula is C9H14ClN5. The van der Waals surface area contributed by atoms with Crippen LogP contribution in [0.2, 0.25) is 5.28 Å². The number of halogens is 1. The van der Waals surface area contributed by atoms with Gasteiger partial charge in [-0.15, -0.1) is 0 Å². The highest BCUT2D eigenvalue weighted by atomic mass is 35.5. The standard InChI is InChI=1S/C9H14ClN5/c1-5(6-3-2-4-6)12-9-14-7(10)13-8(11)15-9/h5-6H,2-4H2,1H3,(H3,11,12,13,14,15). The summed E-state index contributed by atoms with van der Waals surface area (Å²) in [6.45, 7) is 2.12.